The van der Waals surface area contributed by atoms with Crippen LogP contribution in [-0.4, -0.2) is 53.9 Å². The van der Waals surface area contributed by atoms with Gasteiger partial charge in [-0.05, 0) is 44.1 Å². The summed E-state index contributed by atoms with van der Waals surface area (Å²) in [5, 5.41) is 0. The summed E-state index contributed by atoms with van der Waals surface area (Å²) in [6.07, 6.45) is 5.87. The van der Waals surface area contributed by atoms with Gasteiger partial charge in [0.25, 0.3) is 0 Å². The zero-order valence-electron chi connectivity index (χ0n) is 16.0. The fourth-order valence-electron chi connectivity index (χ4n) is 4.26. The van der Waals surface area contributed by atoms with Gasteiger partial charge in [0.15, 0.2) is 0 Å². The van der Waals surface area contributed by atoms with E-state index < -0.39 is 0 Å². The molecule has 146 valence electrons. The van der Waals surface area contributed by atoms with Gasteiger partial charge in [0.1, 0.15) is 0 Å². The molecule has 1 aromatic rings. The predicted octanol–water partition coefficient (Wildman–Crippen LogP) is 2.84. The molecule has 5 heteroatoms. The zero-order valence-corrected chi connectivity index (χ0v) is 16.0. The highest BCUT2D eigenvalue weighted by Crippen LogP contribution is 2.33. The molecule has 0 unspecified atom stereocenters. The van der Waals surface area contributed by atoms with Gasteiger partial charge in [-0.15, -0.1) is 0 Å². The van der Waals surface area contributed by atoms with Gasteiger partial charge in [0, 0.05) is 38.0 Å². The quantitative estimate of drug-likeness (QED) is 0.801. The summed E-state index contributed by atoms with van der Waals surface area (Å²) in [5.41, 5.74) is 1.17. The van der Waals surface area contributed by atoms with Crippen molar-refractivity contribution in [3.05, 3.63) is 35.9 Å². The Bertz CT molecular complexity index is 651. The van der Waals surface area contributed by atoms with Gasteiger partial charge >= 0.3 is 0 Å². The van der Waals surface area contributed by atoms with E-state index >= 15 is 0 Å². The van der Waals surface area contributed by atoms with Crippen molar-refractivity contribution in [3.8, 4) is 0 Å². The fraction of sp³-hybridized carbons (Fsp3) is 0.636. The maximum atomic E-state index is 13.0. The van der Waals surface area contributed by atoms with E-state index in [4.69, 9.17) is 4.74 Å². The summed E-state index contributed by atoms with van der Waals surface area (Å²) in [6, 6.07) is 10.2. The number of piperidine rings is 2. The normalized spacial score (nSPS) is 24.1. The lowest BCUT2D eigenvalue weighted by Crippen LogP contribution is -2.48. The molecule has 1 aromatic carbocycles. The molecule has 3 aliphatic rings. The maximum absolute atomic E-state index is 13.0. The van der Waals surface area contributed by atoms with Crippen LogP contribution in [0, 0.1) is 11.8 Å². The Labute approximate surface area is 161 Å². The molecule has 1 atom stereocenters. The van der Waals surface area contributed by atoms with Crippen LogP contribution in [0.4, 0.5) is 0 Å². The Kier molecular flexibility index (Phi) is 5.77. The lowest BCUT2D eigenvalue weighted by atomic mass is 9.94. The third-order valence-corrected chi connectivity index (χ3v) is 6.10. The Morgan fingerprint density at radius 1 is 0.852 bits per heavy atom. The number of likely N-dealkylation sites (tertiary alicyclic amines) is 2. The highest BCUT2D eigenvalue weighted by Gasteiger charge is 2.37. The molecule has 1 saturated carbocycles. The Morgan fingerprint density at radius 3 is 2.22 bits per heavy atom. The first-order chi connectivity index (χ1) is 13.2. The highest BCUT2D eigenvalue weighted by atomic mass is 16.5. The Morgan fingerprint density at radius 2 is 1.52 bits per heavy atom. The van der Waals surface area contributed by atoms with Crippen molar-refractivity contribution >= 4 is 11.8 Å². The number of carbonyl (C=O) groups is 2. The first kappa shape index (κ1) is 18.5. The first-order valence-corrected chi connectivity index (χ1v) is 10.4. The van der Waals surface area contributed by atoms with Gasteiger partial charge in [-0.2, -0.15) is 0 Å². The molecule has 3 fully saturated rings. The van der Waals surface area contributed by atoms with Crippen LogP contribution in [-0.2, 0) is 20.9 Å². The fourth-order valence-corrected chi connectivity index (χ4v) is 4.26. The van der Waals surface area contributed by atoms with Crippen molar-refractivity contribution < 1.29 is 14.3 Å². The van der Waals surface area contributed by atoms with Crippen molar-refractivity contribution in [1.82, 2.24) is 9.80 Å². The molecule has 2 saturated heterocycles. The highest BCUT2D eigenvalue weighted by molar-refractivity contribution is 5.82. The van der Waals surface area contributed by atoms with E-state index in [2.05, 4.69) is 12.1 Å². The Hall–Kier alpha value is -1.88. The summed E-state index contributed by atoms with van der Waals surface area (Å²) in [7, 11) is 0. The number of amides is 2. The van der Waals surface area contributed by atoms with Gasteiger partial charge in [-0.1, -0.05) is 30.3 Å². The molecule has 0 spiro atoms. The monoisotopic (exact) mass is 370 g/mol. The standard InChI is InChI=1S/C22H30N2O3/c25-21(18-8-9-18)23-13-10-19(11-14-23)22(26)24-12-4-7-20(15-24)27-16-17-5-2-1-3-6-17/h1-3,5-6,18-20H,4,7-16H2/t20-/m0/s1. The lowest BCUT2D eigenvalue weighted by molar-refractivity contribution is -0.144. The van der Waals surface area contributed by atoms with Crippen molar-refractivity contribution in [2.75, 3.05) is 26.2 Å². The van der Waals surface area contributed by atoms with Crippen LogP contribution >= 0.6 is 0 Å². The van der Waals surface area contributed by atoms with Gasteiger partial charge in [0.05, 0.1) is 12.7 Å². The smallest absolute Gasteiger partial charge is 0.225 e. The minimum Gasteiger partial charge on any atom is -0.372 e. The average molecular weight is 370 g/mol. The molecule has 27 heavy (non-hydrogen) atoms. The largest absolute Gasteiger partial charge is 0.372 e. The summed E-state index contributed by atoms with van der Waals surface area (Å²) >= 11 is 0. The zero-order chi connectivity index (χ0) is 18.6. The minimum atomic E-state index is 0.0705. The molecule has 2 aliphatic heterocycles. The number of nitrogens with zero attached hydrogens (tertiary/aromatic N) is 2. The van der Waals surface area contributed by atoms with Crippen LogP contribution in [0.2, 0.25) is 0 Å². The molecule has 4 rings (SSSR count). The number of carbonyl (C=O) groups excluding carboxylic acids is 2. The van der Waals surface area contributed by atoms with Crippen LogP contribution in [0.15, 0.2) is 30.3 Å². The molecule has 0 bridgehead atoms. The van der Waals surface area contributed by atoms with Gasteiger partial charge in [-0.3, -0.25) is 9.59 Å². The number of hydrogen-bond acceptors (Lipinski definition) is 3. The molecular weight excluding hydrogens is 340 g/mol. The van der Waals surface area contributed by atoms with Crippen LogP contribution in [0.3, 0.4) is 0 Å². The second kappa shape index (κ2) is 8.42. The summed E-state index contributed by atoms with van der Waals surface area (Å²) in [6.45, 7) is 3.63. The van der Waals surface area contributed by atoms with Crippen LogP contribution in [0.25, 0.3) is 0 Å². The molecule has 0 N–H and O–H groups in total. The SMILES string of the molecule is O=C(C1CC1)N1CCC(C(=O)N2CCC[C@H](OCc3ccccc3)C2)CC1. The topological polar surface area (TPSA) is 49.9 Å². The Balaban J connectivity index is 1.24. The second-order valence-corrected chi connectivity index (χ2v) is 8.22. The number of benzene rings is 1. The first-order valence-electron chi connectivity index (χ1n) is 10.4. The van der Waals surface area contributed by atoms with E-state index in [1.807, 2.05) is 28.0 Å². The van der Waals surface area contributed by atoms with Crippen LogP contribution in [0.1, 0.15) is 44.1 Å². The van der Waals surface area contributed by atoms with E-state index in [0.717, 1.165) is 58.2 Å². The number of hydrogen-bond donors (Lipinski definition) is 0. The average Bonchev–Trinajstić information content (AvgIpc) is 3.58. The molecule has 0 aromatic heterocycles. The summed E-state index contributed by atoms with van der Waals surface area (Å²) in [4.78, 5) is 29.1. The van der Waals surface area contributed by atoms with Crippen LogP contribution < -0.4 is 0 Å². The summed E-state index contributed by atoms with van der Waals surface area (Å²) in [5.74, 6) is 0.928. The molecule has 2 amide bonds. The molecule has 1 aliphatic carbocycles. The molecule has 2 heterocycles. The molecule has 5 nitrogen and oxygen atoms in total. The van der Waals surface area contributed by atoms with Crippen LogP contribution in [0.5, 0.6) is 0 Å². The van der Waals surface area contributed by atoms with Crippen molar-refractivity contribution in [2.45, 2.75) is 51.2 Å². The molecular formula is C22H30N2O3. The second-order valence-electron chi connectivity index (χ2n) is 8.22. The van der Waals surface area contributed by atoms with E-state index in [1.165, 1.54) is 5.56 Å². The van der Waals surface area contributed by atoms with E-state index in [0.29, 0.717) is 19.1 Å². The third kappa shape index (κ3) is 4.70. The van der Waals surface area contributed by atoms with E-state index in [-0.39, 0.29) is 23.8 Å². The van der Waals surface area contributed by atoms with Gasteiger partial charge < -0.3 is 14.5 Å². The molecule has 0 radical (unpaired) electrons. The third-order valence-electron chi connectivity index (χ3n) is 6.10. The lowest BCUT2D eigenvalue weighted by Gasteiger charge is -2.37. The van der Waals surface area contributed by atoms with E-state index in [9.17, 15) is 9.59 Å². The summed E-state index contributed by atoms with van der Waals surface area (Å²) < 4.78 is 6.07. The number of rotatable bonds is 5. The van der Waals surface area contributed by atoms with Crippen molar-refractivity contribution in [1.29, 1.82) is 0 Å². The van der Waals surface area contributed by atoms with Gasteiger partial charge in [0.2, 0.25) is 11.8 Å². The minimum absolute atomic E-state index is 0.0705. The van der Waals surface area contributed by atoms with Crippen molar-refractivity contribution in [2.24, 2.45) is 11.8 Å². The maximum Gasteiger partial charge on any atom is 0.225 e. The predicted molar refractivity (Wildman–Crippen MR) is 103 cm³/mol. The number of ether oxygens (including phenoxy) is 1. The van der Waals surface area contributed by atoms with E-state index in [1.54, 1.807) is 0 Å². The van der Waals surface area contributed by atoms with Gasteiger partial charge in [-0.25, -0.2) is 0 Å². The van der Waals surface area contributed by atoms with Crippen molar-refractivity contribution in [3.63, 3.8) is 0 Å².